The van der Waals surface area contributed by atoms with E-state index in [-0.39, 0.29) is 5.56 Å². The van der Waals surface area contributed by atoms with Gasteiger partial charge in [0.05, 0.1) is 24.4 Å². The first-order chi connectivity index (χ1) is 15.0. The lowest BCUT2D eigenvalue weighted by atomic mass is 9.80. The van der Waals surface area contributed by atoms with Gasteiger partial charge in [0, 0.05) is 29.2 Å². The lowest BCUT2D eigenvalue weighted by Gasteiger charge is -2.30. The number of ether oxygens (including phenoxy) is 1. The van der Waals surface area contributed by atoms with Crippen LogP contribution in [0.5, 0.6) is 5.75 Å². The summed E-state index contributed by atoms with van der Waals surface area (Å²) < 4.78 is 9.47. The molecule has 31 heavy (non-hydrogen) atoms. The monoisotopic (exact) mass is 415 g/mol. The van der Waals surface area contributed by atoms with Gasteiger partial charge < -0.3 is 4.74 Å². The predicted octanol–water partition coefficient (Wildman–Crippen LogP) is 5.74. The highest BCUT2D eigenvalue weighted by Gasteiger charge is 2.25. The summed E-state index contributed by atoms with van der Waals surface area (Å²) in [6.45, 7) is 4.66. The fraction of sp³-hybridized carbons (Fsp3) is 0.385. The van der Waals surface area contributed by atoms with Crippen molar-refractivity contribution in [2.24, 2.45) is 11.8 Å². The Labute approximate surface area is 182 Å². The minimum atomic E-state index is -0.0462. The largest absolute Gasteiger partial charge is 0.494 e. The van der Waals surface area contributed by atoms with Gasteiger partial charge in [0.15, 0.2) is 0 Å². The molecule has 1 aliphatic carbocycles. The van der Waals surface area contributed by atoms with E-state index in [1.54, 1.807) is 11.7 Å². The second kappa shape index (κ2) is 7.88. The van der Waals surface area contributed by atoms with Gasteiger partial charge in [-0.05, 0) is 61.1 Å². The highest BCUT2D eigenvalue weighted by Crippen LogP contribution is 2.37. The van der Waals surface area contributed by atoms with E-state index in [2.05, 4.69) is 24.7 Å². The average Bonchev–Trinajstić information content (AvgIpc) is 3.22. The molecule has 2 heterocycles. The normalized spacial score (nSPS) is 19.4. The van der Waals surface area contributed by atoms with E-state index >= 15 is 0 Å². The fourth-order valence-electron chi connectivity index (χ4n) is 5.01. The first-order valence-corrected chi connectivity index (χ1v) is 11.2. The van der Waals surface area contributed by atoms with Gasteiger partial charge in [-0.2, -0.15) is 5.10 Å². The van der Waals surface area contributed by atoms with Crippen LogP contribution in [0.15, 0.2) is 59.7 Å². The van der Waals surface area contributed by atoms with Crippen LogP contribution in [0.2, 0.25) is 0 Å². The first-order valence-electron chi connectivity index (χ1n) is 11.2. The summed E-state index contributed by atoms with van der Waals surface area (Å²) in [5, 5.41) is 7.54. The van der Waals surface area contributed by atoms with Crippen molar-refractivity contribution in [3.8, 4) is 11.4 Å². The number of rotatable bonds is 4. The number of methoxy groups -OCH3 is 1. The summed E-state index contributed by atoms with van der Waals surface area (Å²) >= 11 is 0. The molecule has 0 saturated heterocycles. The number of hydrogen-bond acceptors (Lipinski definition) is 3. The molecule has 0 amide bonds. The van der Waals surface area contributed by atoms with Crippen molar-refractivity contribution in [1.82, 2.24) is 14.3 Å². The Morgan fingerprint density at radius 1 is 1.03 bits per heavy atom. The van der Waals surface area contributed by atoms with Crippen molar-refractivity contribution in [2.75, 3.05) is 7.11 Å². The summed E-state index contributed by atoms with van der Waals surface area (Å²) in [6, 6.07) is 14.0. The minimum Gasteiger partial charge on any atom is -0.494 e. The molecule has 1 aliphatic rings. The second-order valence-electron chi connectivity index (χ2n) is 9.08. The topological polar surface area (TPSA) is 49.0 Å². The standard InChI is InChI=1S/C26H29N3O2/c1-17(2)18-8-10-21(11-9-18)29-16-20-14-24(25(31-3)15-23(20)27-29)28-13-12-19-6-4-5-7-22(19)26(28)30/h4-7,12-18,21H,8-11H2,1-3H3. The van der Waals surface area contributed by atoms with Gasteiger partial charge in [0.1, 0.15) is 5.75 Å². The predicted molar refractivity (Wildman–Crippen MR) is 125 cm³/mol. The zero-order valence-electron chi connectivity index (χ0n) is 18.4. The van der Waals surface area contributed by atoms with Crippen LogP contribution in [-0.4, -0.2) is 21.5 Å². The summed E-state index contributed by atoms with van der Waals surface area (Å²) in [7, 11) is 1.64. The fourth-order valence-corrected chi connectivity index (χ4v) is 5.01. The lowest BCUT2D eigenvalue weighted by Crippen LogP contribution is -2.21. The van der Waals surface area contributed by atoms with Crippen LogP contribution in [0.3, 0.4) is 0 Å². The smallest absolute Gasteiger partial charge is 0.263 e. The van der Waals surface area contributed by atoms with Crippen LogP contribution in [0.1, 0.15) is 45.6 Å². The van der Waals surface area contributed by atoms with Crippen molar-refractivity contribution >= 4 is 21.7 Å². The van der Waals surface area contributed by atoms with Crippen LogP contribution < -0.4 is 10.3 Å². The lowest BCUT2D eigenvalue weighted by molar-refractivity contribution is 0.217. The Kier molecular flexibility index (Phi) is 5.05. The SMILES string of the molecule is COc1cc2nn(C3CCC(C(C)C)CC3)cc2cc1-n1ccc2ccccc2c1=O. The van der Waals surface area contributed by atoms with Crippen LogP contribution >= 0.6 is 0 Å². The van der Waals surface area contributed by atoms with Crippen LogP contribution in [-0.2, 0) is 0 Å². The maximum Gasteiger partial charge on any atom is 0.263 e. The van der Waals surface area contributed by atoms with Crippen molar-refractivity contribution in [2.45, 2.75) is 45.6 Å². The van der Waals surface area contributed by atoms with Crippen molar-refractivity contribution in [1.29, 1.82) is 0 Å². The highest BCUT2D eigenvalue weighted by atomic mass is 16.5. The van der Waals surface area contributed by atoms with Gasteiger partial charge in [0.25, 0.3) is 5.56 Å². The molecular weight excluding hydrogens is 386 g/mol. The Bertz CT molecular complexity index is 1290. The minimum absolute atomic E-state index is 0.0462. The van der Waals surface area contributed by atoms with Crippen LogP contribution in [0, 0.1) is 11.8 Å². The molecule has 0 unspecified atom stereocenters. The average molecular weight is 416 g/mol. The summed E-state index contributed by atoms with van der Waals surface area (Å²) in [4.78, 5) is 13.2. The number of hydrogen-bond donors (Lipinski definition) is 0. The molecule has 2 aromatic heterocycles. The summed E-state index contributed by atoms with van der Waals surface area (Å²) in [5.74, 6) is 2.23. The molecule has 2 aromatic carbocycles. The third-order valence-corrected chi connectivity index (χ3v) is 6.95. The quantitative estimate of drug-likeness (QED) is 0.427. The molecule has 0 atom stereocenters. The molecule has 1 fully saturated rings. The van der Waals surface area contributed by atoms with Crippen molar-refractivity contribution < 1.29 is 4.74 Å². The van der Waals surface area contributed by atoms with E-state index in [0.717, 1.165) is 33.8 Å². The Balaban J connectivity index is 1.55. The zero-order valence-corrected chi connectivity index (χ0v) is 18.4. The molecule has 0 N–H and O–H groups in total. The van der Waals surface area contributed by atoms with Crippen molar-refractivity contribution in [3.05, 3.63) is 65.2 Å². The number of pyridine rings is 1. The molecule has 0 radical (unpaired) electrons. The van der Waals surface area contributed by atoms with E-state index in [1.807, 2.05) is 48.7 Å². The van der Waals surface area contributed by atoms with Gasteiger partial charge in [0.2, 0.25) is 0 Å². The molecule has 5 rings (SSSR count). The molecule has 0 bridgehead atoms. The van der Waals surface area contributed by atoms with E-state index in [0.29, 0.717) is 17.2 Å². The maximum atomic E-state index is 13.2. The Hall–Kier alpha value is -3.08. The van der Waals surface area contributed by atoms with Gasteiger partial charge in [-0.25, -0.2) is 0 Å². The molecule has 1 saturated carbocycles. The van der Waals surface area contributed by atoms with Crippen LogP contribution in [0.25, 0.3) is 27.4 Å². The number of nitrogens with zero attached hydrogens (tertiary/aromatic N) is 3. The third-order valence-electron chi connectivity index (χ3n) is 6.95. The van der Waals surface area contributed by atoms with E-state index in [9.17, 15) is 4.79 Å². The van der Waals surface area contributed by atoms with E-state index in [4.69, 9.17) is 9.84 Å². The number of fused-ring (bicyclic) bond motifs is 2. The maximum absolute atomic E-state index is 13.2. The van der Waals surface area contributed by atoms with E-state index in [1.165, 1.54) is 25.7 Å². The van der Waals surface area contributed by atoms with Gasteiger partial charge in [-0.3, -0.25) is 14.0 Å². The molecule has 5 heteroatoms. The van der Waals surface area contributed by atoms with Gasteiger partial charge >= 0.3 is 0 Å². The molecule has 4 aromatic rings. The summed E-state index contributed by atoms with van der Waals surface area (Å²) in [6.07, 6.45) is 8.83. The number of aromatic nitrogens is 3. The number of benzene rings is 2. The molecule has 0 aliphatic heterocycles. The van der Waals surface area contributed by atoms with Gasteiger partial charge in [-0.1, -0.05) is 32.0 Å². The Morgan fingerprint density at radius 2 is 1.81 bits per heavy atom. The van der Waals surface area contributed by atoms with Gasteiger partial charge in [-0.15, -0.1) is 0 Å². The zero-order chi connectivity index (χ0) is 21.5. The Morgan fingerprint density at radius 3 is 2.55 bits per heavy atom. The second-order valence-corrected chi connectivity index (χ2v) is 9.08. The van der Waals surface area contributed by atoms with Crippen molar-refractivity contribution in [3.63, 3.8) is 0 Å². The molecule has 0 spiro atoms. The third kappa shape index (κ3) is 3.52. The first kappa shape index (κ1) is 19.9. The molecule has 160 valence electrons. The summed E-state index contributed by atoms with van der Waals surface area (Å²) in [5.41, 5.74) is 1.60. The van der Waals surface area contributed by atoms with E-state index < -0.39 is 0 Å². The van der Waals surface area contributed by atoms with Crippen LogP contribution in [0.4, 0.5) is 0 Å². The molecule has 5 nitrogen and oxygen atoms in total. The molecular formula is C26H29N3O2. The highest BCUT2D eigenvalue weighted by molar-refractivity contribution is 5.85.